The second kappa shape index (κ2) is 7.24. The maximum atomic E-state index is 12.3. The standard InChI is InChI=1S/C16H23N3O3/c1-11-8-13(14(16(21)22)9-12(11)2)15(20)18-4-3-6-19-7-5-17-10-19/h5,7,10,13-14H,3-4,6,8-9H2,1-2H3,(H,18,20)(H,21,22)/t13-,14-/m0/s1. The van der Waals surface area contributed by atoms with Crippen molar-refractivity contribution in [3.05, 3.63) is 29.9 Å². The van der Waals surface area contributed by atoms with Crippen molar-refractivity contribution in [1.29, 1.82) is 0 Å². The second-order valence-corrected chi connectivity index (χ2v) is 5.97. The number of hydrogen-bond acceptors (Lipinski definition) is 3. The van der Waals surface area contributed by atoms with Crippen molar-refractivity contribution in [3.63, 3.8) is 0 Å². The van der Waals surface area contributed by atoms with Gasteiger partial charge in [0.15, 0.2) is 0 Å². The highest BCUT2D eigenvalue weighted by Crippen LogP contribution is 2.34. The smallest absolute Gasteiger partial charge is 0.307 e. The topological polar surface area (TPSA) is 84.2 Å². The lowest BCUT2D eigenvalue weighted by Gasteiger charge is -2.29. The second-order valence-electron chi connectivity index (χ2n) is 5.97. The van der Waals surface area contributed by atoms with Crippen molar-refractivity contribution in [3.8, 4) is 0 Å². The van der Waals surface area contributed by atoms with Gasteiger partial charge in [-0.2, -0.15) is 0 Å². The minimum atomic E-state index is -0.884. The zero-order valence-corrected chi connectivity index (χ0v) is 13.1. The molecule has 0 saturated carbocycles. The van der Waals surface area contributed by atoms with E-state index in [0.717, 1.165) is 24.1 Å². The third kappa shape index (κ3) is 3.96. The van der Waals surface area contributed by atoms with E-state index < -0.39 is 17.8 Å². The Bertz CT molecular complexity index is 563. The minimum Gasteiger partial charge on any atom is -0.481 e. The Morgan fingerprint density at radius 1 is 1.32 bits per heavy atom. The maximum Gasteiger partial charge on any atom is 0.307 e. The van der Waals surface area contributed by atoms with Crippen molar-refractivity contribution in [2.24, 2.45) is 11.8 Å². The normalized spacial score (nSPS) is 21.7. The molecule has 22 heavy (non-hydrogen) atoms. The van der Waals surface area contributed by atoms with Crippen molar-refractivity contribution in [1.82, 2.24) is 14.9 Å². The highest BCUT2D eigenvalue weighted by atomic mass is 16.4. The number of aryl methyl sites for hydroxylation is 1. The van der Waals surface area contributed by atoms with Gasteiger partial charge in [0.2, 0.25) is 5.91 Å². The van der Waals surface area contributed by atoms with Gasteiger partial charge < -0.3 is 15.0 Å². The number of carbonyl (C=O) groups is 2. The Labute approximate surface area is 130 Å². The van der Waals surface area contributed by atoms with E-state index in [1.807, 2.05) is 24.6 Å². The van der Waals surface area contributed by atoms with E-state index in [2.05, 4.69) is 10.3 Å². The van der Waals surface area contributed by atoms with Gasteiger partial charge in [-0.25, -0.2) is 4.98 Å². The molecule has 0 saturated heterocycles. The number of hydrogen-bond donors (Lipinski definition) is 2. The number of rotatable bonds is 6. The molecule has 0 radical (unpaired) electrons. The van der Waals surface area contributed by atoms with Crippen LogP contribution < -0.4 is 5.32 Å². The van der Waals surface area contributed by atoms with Crippen molar-refractivity contribution >= 4 is 11.9 Å². The monoisotopic (exact) mass is 305 g/mol. The summed E-state index contributed by atoms with van der Waals surface area (Å²) >= 11 is 0. The van der Waals surface area contributed by atoms with Crippen molar-refractivity contribution < 1.29 is 14.7 Å². The third-order valence-corrected chi connectivity index (χ3v) is 4.37. The van der Waals surface area contributed by atoms with Gasteiger partial charge in [-0.1, -0.05) is 11.1 Å². The lowest BCUT2D eigenvalue weighted by molar-refractivity contribution is -0.147. The molecule has 120 valence electrons. The summed E-state index contributed by atoms with van der Waals surface area (Å²) in [5, 5.41) is 12.2. The summed E-state index contributed by atoms with van der Waals surface area (Å²) in [5.74, 6) is -2.11. The molecular weight excluding hydrogens is 282 g/mol. The highest BCUT2D eigenvalue weighted by Gasteiger charge is 2.36. The number of imidazole rings is 1. The average Bonchev–Trinajstić information content (AvgIpc) is 2.98. The van der Waals surface area contributed by atoms with Crippen LogP contribution in [0.1, 0.15) is 33.1 Å². The van der Waals surface area contributed by atoms with Crippen molar-refractivity contribution in [2.75, 3.05) is 6.54 Å². The number of allylic oxidation sites excluding steroid dienone is 2. The first-order valence-corrected chi connectivity index (χ1v) is 7.60. The molecule has 1 aliphatic carbocycles. The quantitative estimate of drug-likeness (QED) is 0.620. The van der Waals surface area contributed by atoms with Crippen LogP contribution in [-0.2, 0) is 16.1 Å². The number of aromatic nitrogens is 2. The number of nitrogens with zero attached hydrogens (tertiary/aromatic N) is 2. The summed E-state index contributed by atoms with van der Waals surface area (Å²) < 4.78 is 1.95. The van der Waals surface area contributed by atoms with Gasteiger partial charge in [0.1, 0.15) is 0 Å². The Balaban J connectivity index is 1.86. The summed E-state index contributed by atoms with van der Waals surface area (Å²) in [7, 11) is 0. The molecule has 0 bridgehead atoms. The largest absolute Gasteiger partial charge is 0.481 e. The predicted octanol–water partition coefficient (Wildman–Crippen LogP) is 1.84. The molecule has 1 aliphatic rings. The molecule has 1 aromatic heterocycles. The first-order valence-electron chi connectivity index (χ1n) is 7.60. The first kappa shape index (κ1) is 16.3. The van der Waals surface area contributed by atoms with Crippen LogP contribution in [-0.4, -0.2) is 33.1 Å². The number of carboxylic acid groups (broad SMARTS) is 1. The maximum absolute atomic E-state index is 12.3. The molecule has 0 fully saturated rings. The average molecular weight is 305 g/mol. The van der Waals surface area contributed by atoms with Gasteiger partial charge in [0, 0.05) is 25.5 Å². The van der Waals surface area contributed by atoms with Gasteiger partial charge >= 0.3 is 5.97 Å². The molecule has 1 heterocycles. The summed E-state index contributed by atoms with van der Waals surface area (Å²) in [6.45, 7) is 5.25. The van der Waals surface area contributed by atoms with E-state index in [4.69, 9.17) is 0 Å². The van der Waals surface area contributed by atoms with Gasteiger partial charge in [0.05, 0.1) is 18.2 Å². The lowest BCUT2D eigenvalue weighted by Crippen LogP contribution is -2.40. The summed E-state index contributed by atoms with van der Waals surface area (Å²) in [5.41, 5.74) is 2.23. The number of nitrogens with one attached hydrogen (secondary N) is 1. The molecule has 0 unspecified atom stereocenters. The van der Waals surface area contributed by atoms with Crippen LogP contribution in [0.4, 0.5) is 0 Å². The fourth-order valence-corrected chi connectivity index (χ4v) is 2.85. The van der Waals surface area contributed by atoms with Crippen molar-refractivity contribution in [2.45, 2.75) is 39.7 Å². The predicted molar refractivity (Wildman–Crippen MR) is 82.1 cm³/mol. The van der Waals surface area contributed by atoms with Gasteiger partial charge in [-0.05, 0) is 33.1 Å². The van der Waals surface area contributed by atoms with E-state index in [1.54, 1.807) is 12.5 Å². The molecule has 2 rings (SSSR count). The minimum absolute atomic E-state index is 0.148. The first-order chi connectivity index (χ1) is 10.5. The fraction of sp³-hybridized carbons (Fsp3) is 0.562. The van der Waals surface area contributed by atoms with Crippen LogP contribution in [0, 0.1) is 11.8 Å². The van der Waals surface area contributed by atoms with Crippen LogP contribution in [0.3, 0.4) is 0 Å². The Hall–Kier alpha value is -2.11. The molecule has 2 atom stereocenters. The molecule has 6 heteroatoms. The molecule has 6 nitrogen and oxygen atoms in total. The van der Waals surface area contributed by atoms with E-state index in [-0.39, 0.29) is 5.91 Å². The van der Waals surface area contributed by atoms with E-state index in [9.17, 15) is 14.7 Å². The number of carbonyl (C=O) groups excluding carboxylic acids is 1. The van der Waals surface area contributed by atoms with Gasteiger partial charge in [0.25, 0.3) is 0 Å². The summed E-state index contributed by atoms with van der Waals surface area (Å²) in [4.78, 5) is 27.7. The molecular formula is C16H23N3O3. The van der Waals surface area contributed by atoms with Crippen LogP contribution in [0.5, 0.6) is 0 Å². The summed E-state index contributed by atoms with van der Waals surface area (Å²) in [6.07, 6.45) is 7.13. The molecule has 0 aliphatic heterocycles. The molecule has 1 amide bonds. The van der Waals surface area contributed by atoms with Crippen LogP contribution >= 0.6 is 0 Å². The molecule has 1 aromatic rings. The molecule has 0 spiro atoms. The Morgan fingerprint density at radius 3 is 2.59 bits per heavy atom. The zero-order valence-electron chi connectivity index (χ0n) is 13.1. The zero-order chi connectivity index (χ0) is 16.1. The Morgan fingerprint density at radius 2 is 2.00 bits per heavy atom. The van der Waals surface area contributed by atoms with E-state index in [0.29, 0.717) is 19.4 Å². The Kier molecular flexibility index (Phi) is 5.35. The van der Waals surface area contributed by atoms with E-state index >= 15 is 0 Å². The van der Waals surface area contributed by atoms with Crippen LogP contribution in [0.15, 0.2) is 29.9 Å². The number of carboxylic acids is 1. The highest BCUT2D eigenvalue weighted by molar-refractivity contribution is 5.85. The lowest BCUT2D eigenvalue weighted by atomic mass is 9.76. The van der Waals surface area contributed by atoms with Gasteiger partial charge in [-0.3, -0.25) is 9.59 Å². The van der Waals surface area contributed by atoms with Gasteiger partial charge in [-0.15, -0.1) is 0 Å². The fourth-order valence-electron chi connectivity index (χ4n) is 2.85. The summed E-state index contributed by atoms with van der Waals surface area (Å²) in [6, 6.07) is 0. The third-order valence-electron chi connectivity index (χ3n) is 4.37. The SMILES string of the molecule is CC1=C(C)C[C@H](C(=O)NCCCn2ccnc2)[C@@H](C(=O)O)C1. The molecule has 0 aromatic carbocycles. The van der Waals surface area contributed by atoms with Crippen LogP contribution in [0.25, 0.3) is 0 Å². The van der Waals surface area contributed by atoms with Crippen LogP contribution in [0.2, 0.25) is 0 Å². The number of aliphatic carboxylic acids is 1. The van der Waals surface area contributed by atoms with E-state index in [1.165, 1.54) is 0 Å². The molecule has 2 N–H and O–H groups in total. The number of amides is 1.